The molecule has 0 bridgehead atoms. The van der Waals surface area contributed by atoms with Crippen molar-refractivity contribution in [2.24, 2.45) is 0 Å². The SMILES string of the molecule is COc1ccc2[nH]cc(CCN3CC(=O)N(NC(=O)OC(C)(C)C)C3=O)c2c1. The van der Waals surface area contributed by atoms with Crippen LogP contribution in [0.3, 0.4) is 0 Å². The summed E-state index contributed by atoms with van der Waals surface area (Å²) in [6, 6.07) is 5.14. The number of H-pyrrole nitrogens is 1. The molecule has 1 aliphatic heterocycles. The Bertz CT molecular complexity index is 915. The van der Waals surface area contributed by atoms with Crippen LogP contribution in [0.1, 0.15) is 26.3 Å². The number of rotatable bonds is 5. The minimum absolute atomic E-state index is 0.0969. The van der Waals surface area contributed by atoms with Crippen molar-refractivity contribution >= 4 is 28.9 Å². The molecule has 0 radical (unpaired) electrons. The minimum atomic E-state index is -0.847. The Hall–Kier alpha value is -3.23. The van der Waals surface area contributed by atoms with Crippen LogP contribution in [0.5, 0.6) is 5.75 Å². The van der Waals surface area contributed by atoms with Crippen molar-refractivity contribution in [2.45, 2.75) is 32.8 Å². The maximum absolute atomic E-state index is 12.5. The van der Waals surface area contributed by atoms with Crippen LogP contribution in [-0.4, -0.2) is 58.7 Å². The average molecular weight is 388 g/mol. The van der Waals surface area contributed by atoms with Gasteiger partial charge in [-0.05, 0) is 51.0 Å². The van der Waals surface area contributed by atoms with E-state index in [9.17, 15) is 14.4 Å². The second-order valence-electron chi connectivity index (χ2n) is 7.52. The monoisotopic (exact) mass is 388 g/mol. The van der Waals surface area contributed by atoms with Crippen LogP contribution in [0.15, 0.2) is 24.4 Å². The van der Waals surface area contributed by atoms with Crippen LogP contribution in [0.2, 0.25) is 0 Å². The summed E-state index contributed by atoms with van der Waals surface area (Å²) < 4.78 is 10.3. The lowest BCUT2D eigenvalue weighted by Crippen LogP contribution is -2.48. The van der Waals surface area contributed by atoms with Gasteiger partial charge in [0.25, 0.3) is 5.91 Å². The average Bonchev–Trinajstić information content (AvgIpc) is 3.13. The van der Waals surface area contributed by atoms with Crippen molar-refractivity contribution < 1.29 is 23.9 Å². The Morgan fingerprint density at radius 1 is 1.29 bits per heavy atom. The molecule has 0 atom stereocenters. The van der Waals surface area contributed by atoms with E-state index in [-0.39, 0.29) is 6.54 Å². The molecule has 150 valence electrons. The van der Waals surface area contributed by atoms with E-state index in [4.69, 9.17) is 9.47 Å². The van der Waals surface area contributed by atoms with E-state index in [2.05, 4.69) is 10.4 Å². The Labute approximate surface area is 162 Å². The molecule has 2 N–H and O–H groups in total. The molecule has 0 saturated carbocycles. The zero-order valence-electron chi connectivity index (χ0n) is 16.4. The van der Waals surface area contributed by atoms with Crippen molar-refractivity contribution in [1.82, 2.24) is 20.3 Å². The zero-order chi connectivity index (χ0) is 20.5. The van der Waals surface area contributed by atoms with E-state index in [1.807, 2.05) is 24.4 Å². The summed E-state index contributed by atoms with van der Waals surface area (Å²) in [7, 11) is 1.61. The molecule has 2 heterocycles. The van der Waals surface area contributed by atoms with Gasteiger partial charge in [-0.15, -0.1) is 0 Å². The number of aromatic nitrogens is 1. The molecule has 28 heavy (non-hydrogen) atoms. The number of amides is 4. The molecule has 0 spiro atoms. The number of fused-ring (bicyclic) bond motifs is 1. The number of carbonyl (C=O) groups is 3. The van der Waals surface area contributed by atoms with E-state index in [0.29, 0.717) is 18.0 Å². The van der Waals surface area contributed by atoms with Crippen molar-refractivity contribution in [1.29, 1.82) is 0 Å². The molecule has 1 fully saturated rings. The van der Waals surface area contributed by atoms with Gasteiger partial charge in [-0.3, -0.25) is 4.79 Å². The summed E-state index contributed by atoms with van der Waals surface area (Å²) >= 11 is 0. The lowest BCUT2D eigenvalue weighted by atomic mass is 10.1. The van der Waals surface area contributed by atoms with Crippen molar-refractivity contribution in [2.75, 3.05) is 20.2 Å². The molecular weight excluding hydrogens is 364 g/mol. The lowest BCUT2D eigenvalue weighted by Gasteiger charge is -2.22. The van der Waals surface area contributed by atoms with Gasteiger partial charge in [0.1, 0.15) is 17.9 Å². The first kappa shape index (κ1) is 19.5. The van der Waals surface area contributed by atoms with Crippen LogP contribution in [-0.2, 0) is 16.0 Å². The summed E-state index contributed by atoms with van der Waals surface area (Å²) in [5.74, 6) is 0.241. The first-order chi connectivity index (χ1) is 13.2. The molecule has 1 aromatic heterocycles. The fraction of sp³-hybridized carbons (Fsp3) is 0.421. The highest BCUT2D eigenvalue weighted by atomic mass is 16.6. The van der Waals surface area contributed by atoms with Gasteiger partial charge in [0.15, 0.2) is 0 Å². The second-order valence-corrected chi connectivity index (χ2v) is 7.52. The Kier molecular flexibility index (Phi) is 5.17. The molecule has 2 aromatic rings. The van der Waals surface area contributed by atoms with Crippen molar-refractivity contribution in [3.63, 3.8) is 0 Å². The van der Waals surface area contributed by atoms with Gasteiger partial charge in [-0.2, -0.15) is 5.01 Å². The zero-order valence-corrected chi connectivity index (χ0v) is 16.4. The summed E-state index contributed by atoms with van der Waals surface area (Å²) in [4.78, 5) is 41.0. The fourth-order valence-electron chi connectivity index (χ4n) is 2.97. The van der Waals surface area contributed by atoms with Crippen LogP contribution < -0.4 is 10.2 Å². The third-order valence-electron chi connectivity index (χ3n) is 4.26. The standard InChI is InChI=1S/C19H24N4O5/c1-19(2,3)28-17(25)21-23-16(24)11-22(18(23)26)8-7-12-10-20-15-6-5-13(27-4)9-14(12)15/h5-6,9-10,20H,7-8,11H2,1-4H3,(H,21,25). The summed E-state index contributed by atoms with van der Waals surface area (Å²) in [6.45, 7) is 5.33. The molecule has 3 rings (SSSR count). The number of aromatic amines is 1. The maximum Gasteiger partial charge on any atom is 0.427 e. The predicted octanol–water partition coefficient (Wildman–Crippen LogP) is 2.42. The predicted molar refractivity (Wildman–Crippen MR) is 102 cm³/mol. The number of hydrogen-bond acceptors (Lipinski definition) is 5. The number of urea groups is 1. The first-order valence-electron chi connectivity index (χ1n) is 8.93. The van der Waals surface area contributed by atoms with E-state index in [1.54, 1.807) is 27.9 Å². The molecule has 1 aliphatic rings. The highest BCUT2D eigenvalue weighted by Crippen LogP contribution is 2.24. The number of hydrogen-bond donors (Lipinski definition) is 2. The number of methoxy groups -OCH3 is 1. The Morgan fingerprint density at radius 2 is 2.04 bits per heavy atom. The Morgan fingerprint density at radius 3 is 2.71 bits per heavy atom. The highest BCUT2D eigenvalue weighted by molar-refractivity contribution is 6.02. The lowest BCUT2D eigenvalue weighted by molar-refractivity contribution is -0.127. The van der Waals surface area contributed by atoms with Crippen molar-refractivity contribution in [3.05, 3.63) is 30.0 Å². The fourth-order valence-corrected chi connectivity index (χ4v) is 2.97. The summed E-state index contributed by atoms with van der Waals surface area (Å²) in [6.07, 6.45) is 1.58. The molecule has 1 saturated heterocycles. The molecule has 9 nitrogen and oxygen atoms in total. The quantitative estimate of drug-likeness (QED) is 0.766. The first-order valence-corrected chi connectivity index (χ1v) is 8.93. The van der Waals surface area contributed by atoms with Crippen LogP contribution in [0, 0.1) is 0 Å². The molecule has 0 unspecified atom stereocenters. The normalized spacial score (nSPS) is 14.7. The van der Waals surface area contributed by atoms with Gasteiger partial charge in [0.05, 0.1) is 7.11 Å². The number of hydrazine groups is 1. The van der Waals surface area contributed by atoms with Gasteiger partial charge in [-0.25, -0.2) is 15.0 Å². The maximum atomic E-state index is 12.5. The number of nitrogens with one attached hydrogen (secondary N) is 2. The molecule has 4 amide bonds. The summed E-state index contributed by atoms with van der Waals surface area (Å²) in [5.41, 5.74) is 3.45. The third kappa shape index (κ3) is 4.19. The van der Waals surface area contributed by atoms with Crippen molar-refractivity contribution in [3.8, 4) is 5.75 Å². The topological polar surface area (TPSA) is 104 Å². The van der Waals surface area contributed by atoms with E-state index >= 15 is 0 Å². The van der Waals surface area contributed by atoms with Gasteiger partial charge in [0.2, 0.25) is 0 Å². The number of benzene rings is 1. The van der Waals surface area contributed by atoms with E-state index in [1.165, 1.54) is 4.90 Å². The Balaban J connectivity index is 1.64. The molecule has 1 aromatic carbocycles. The van der Waals surface area contributed by atoms with Gasteiger partial charge in [0, 0.05) is 23.6 Å². The number of imide groups is 1. The number of nitrogens with zero attached hydrogens (tertiary/aromatic N) is 2. The molecule has 9 heteroatoms. The van der Waals surface area contributed by atoms with Gasteiger partial charge >= 0.3 is 12.1 Å². The van der Waals surface area contributed by atoms with Crippen LogP contribution in [0.4, 0.5) is 9.59 Å². The molecule has 0 aliphatic carbocycles. The second kappa shape index (κ2) is 7.41. The third-order valence-corrected chi connectivity index (χ3v) is 4.26. The van der Waals surface area contributed by atoms with E-state index in [0.717, 1.165) is 22.2 Å². The number of ether oxygens (including phenoxy) is 2. The van der Waals surface area contributed by atoms with Crippen LogP contribution >= 0.6 is 0 Å². The van der Waals surface area contributed by atoms with Gasteiger partial charge in [-0.1, -0.05) is 0 Å². The number of carbonyl (C=O) groups excluding carboxylic acids is 3. The van der Waals surface area contributed by atoms with Gasteiger partial charge < -0.3 is 19.4 Å². The summed E-state index contributed by atoms with van der Waals surface area (Å²) in [5, 5.41) is 1.70. The van der Waals surface area contributed by atoms with E-state index < -0.39 is 23.6 Å². The molecular formula is C19H24N4O5. The highest BCUT2D eigenvalue weighted by Gasteiger charge is 2.38. The minimum Gasteiger partial charge on any atom is -0.497 e. The van der Waals surface area contributed by atoms with Crippen LogP contribution in [0.25, 0.3) is 10.9 Å². The largest absolute Gasteiger partial charge is 0.497 e. The smallest absolute Gasteiger partial charge is 0.427 e.